The van der Waals surface area contributed by atoms with E-state index in [1.807, 2.05) is 0 Å². The smallest absolute Gasteiger partial charge is 0.335 e. The van der Waals surface area contributed by atoms with Gasteiger partial charge in [0.05, 0.1) is 22.7 Å². The molecule has 2 aromatic rings. The predicted molar refractivity (Wildman–Crippen MR) is 125 cm³/mol. The highest BCUT2D eigenvalue weighted by Crippen LogP contribution is 2.17. The van der Waals surface area contributed by atoms with Gasteiger partial charge in [-0.3, -0.25) is 14.5 Å². The molecule has 178 valence electrons. The summed E-state index contributed by atoms with van der Waals surface area (Å²) in [6.07, 6.45) is 0.441. The number of nitrogens with zero attached hydrogens (tertiary/aromatic N) is 1. The zero-order valence-corrected chi connectivity index (χ0v) is 19.0. The van der Waals surface area contributed by atoms with Crippen molar-refractivity contribution >= 4 is 29.3 Å². The summed E-state index contributed by atoms with van der Waals surface area (Å²) in [5, 5.41) is 15.3. The number of likely N-dealkylation sites (tertiary alicyclic amines) is 1. The number of anilines is 1. The molecule has 1 aliphatic rings. The van der Waals surface area contributed by atoms with E-state index in [0.717, 1.165) is 25.2 Å². The number of nitrogen functional groups attached to an aromatic ring is 1. The first-order valence-corrected chi connectivity index (χ1v) is 10.9. The summed E-state index contributed by atoms with van der Waals surface area (Å²) in [5.74, 6) is -1.44. The molecule has 0 bridgehead atoms. The number of nitrogens with two attached hydrogens (primary N) is 1. The van der Waals surface area contributed by atoms with Gasteiger partial charge in [-0.2, -0.15) is 0 Å². The van der Waals surface area contributed by atoms with Crippen LogP contribution in [-0.2, 0) is 11.3 Å². The highest BCUT2D eigenvalue weighted by Gasteiger charge is 2.31. The van der Waals surface area contributed by atoms with Crippen LogP contribution in [0.2, 0.25) is 5.02 Å². The van der Waals surface area contributed by atoms with Gasteiger partial charge in [0.15, 0.2) is 0 Å². The summed E-state index contributed by atoms with van der Waals surface area (Å²) in [7, 11) is 1.60. The molecule has 0 saturated carbocycles. The minimum Gasteiger partial charge on any atom is -0.478 e. The Morgan fingerprint density at radius 1 is 1.33 bits per heavy atom. The normalized spacial score (nSPS) is 18.7. The van der Waals surface area contributed by atoms with Gasteiger partial charge in [-0.1, -0.05) is 23.7 Å². The van der Waals surface area contributed by atoms with Crippen molar-refractivity contribution in [2.75, 3.05) is 39.0 Å². The van der Waals surface area contributed by atoms with E-state index in [9.17, 15) is 14.4 Å². The Morgan fingerprint density at radius 3 is 2.73 bits per heavy atom. The Bertz CT molecular complexity index is 1040. The number of aromatic carboxylic acids is 1. The molecule has 11 heteroatoms. The first-order valence-electron chi connectivity index (χ1n) is 10.6. The van der Waals surface area contributed by atoms with Crippen molar-refractivity contribution in [2.24, 2.45) is 0 Å². The van der Waals surface area contributed by atoms with Gasteiger partial charge < -0.3 is 31.2 Å². The van der Waals surface area contributed by atoms with Gasteiger partial charge >= 0.3 is 5.97 Å². The summed E-state index contributed by atoms with van der Waals surface area (Å²) in [6.45, 7) is 3.57. The number of carboxylic acids is 1. The van der Waals surface area contributed by atoms with Crippen molar-refractivity contribution in [1.29, 1.82) is 0 Å². The van der Waals surface area contributed by atoms with E-state index in [1.54, 1.807) is 31.4 Å². The molecule has 0 unspecified atom stereocenters. The number of amides is 1. The first kappa shape index (κ1) is 24.7. The van der Waals surface area contributed by atoms with Crippen LogP contribution in [0.15, 0.2) is 35.1 Å². The molecular weight excluding hydrogens is 450 g/mol. The summed E-state index contributed by atoms with van der Waals surface area (Å²) in [4.78, 5) is 40.2. The third kappa shape index (κ3) is 6.55. The summed E-state index contributed by atoms with van der Waals surface area (Å²) in [6, 6.07) is 7.80. The number of hydrogen-bond donors (Lipinski definition) is 5. The van der Waals surface area contributed by atoms with Gasteiger partial charge in [0.1, 0.15) is 11.4 Å². The van der Waals surface area contributed by atoms with E-state index in [1.165, 1.54) is 6.07 Å². The minimum absolute atomic E-state index is 0.0205. The number of benzene rings is 1. The Hall–Kier alpha value is -2.92. The van der Waals surface area contributed by atoms with Crippen LogP contribution in [0.1, 0.15) is 32.7 Å². The Morgan fingerprint density at radius 2 is 2.06 bits per heavy atom. The van der Waals surface area contributed by atoms with Crippen LogP contribution in [-0.4, -0.2) is 72.3 Å². The molecule has 33 heavy (non-hydrogen) atoms. The number of aromatic amines is 1. The average molecular weight is 478 g/mol. The number of methoxy groups -OCH3 is 1. The van der Waals surface area contributed by atoms with Crippen molar-refractivity contribution in [3.8, 4) is 0 Å². The molecule has 2 heterocycles. The molecule has 3 rings (SSSR count). The topological polar surface area (TPSA) is 150 Å². The molecule has 10 nitrogen and oxygen atoms in total. The van der Waals surface area contributed by atoms with Crippen molar-refractivity contribution in [2.45, 2.75) is 25.1 Å². The van der Waals surface area contributed by atoms with Crippen LogP contribution in [0.4, 0.5) is 5.82 Å². The SMILES string of the molecule is CO[C@H]1CN(CCNCc2ccc(C(=O)O)cc2)CC[C@H]1NC(=O)c1cc(Cl)c(N)[nH]c1=O. The molecule has 1 fully saturated rings. The van der Waals surface area contributed by atoms with Gasteiger partial charge in [-0.15, -0.1) is 0 Å². The number of halogens is 1. The Balaban J connectivity index is 1.46. The van der Waals surface area contributed by atoms with Gasteiger partial charge in [-0.25, -0.2) is 4.79 Å². The zero-order chi connectivity index (χ0) is 24.0. The maximum absolute atomic E-state index is 12.6. The lowest BCUT2D eigenvalue weighted by Gasteiger charge is -2.38. The number of carbonyl (C=O) groups excluding carboxylic acids is 1. The predicted octanol–water partition coefficient (Wildman–Crippen LogP) is 0.918. The maximum Gasteiger partial charge on any atom is 0.335 e. The molecule has 6 N–H and O–H groups in total. The summed E-state index contributed by atoms with van der Waals surface area (Å²) < 4.78 is 5.59. The number of pyridine rings is 1. The largest absolute Gasteiger partial charge is 0.478 e. The van der Waals surface area contributed by atoms with E-state index in [4.69, 9.17) is 27.2 Å². The Labute approximate surface area is 196 Å². The molecular formula is C22H28ClN5O5. The minimum atomic E-state index is -0.939. The molecule has 0 aliphatic carbocycles. The molecule has 1 aromatic heterocycles. The number of rotatable bonds is 9. The number of carboxylic acid groups (broad SMARTS) is 1. The number of aromatic nitrogens is 1. The van der Waals surface area contributed by atoms with Crippen molar-refractivity contribution in [3.05, 3.63) is 62.4 Å². The lowest BCUT2D eigenvalue weighted by Crippen LogP contribution is -2.55. The number of nitrogens with one attached hydrogen (secondary N) is 3. The van der Waals surface area contributed by atoms with Crippen LogP contribution in [0, 0.1) is 0 Å². The van der Waals surface area contributed by atoms with E-state index in [-0.39, 0.29) is 34.1 Å². The van der Waals surface area contributed by atoms with Crippen LogP contribution < -0.4 is 21.9 Å². The third-order valence-electron chi connectivity index (χ3n) is 5.66. The lowest BCUT2D eigenvalue weighted by atomic mass is 10.0. The molecule has 1 aliphatic heterocycles. The van der Waals surface area contributed by atoms with Gasteiger partial charge in [0.25, 0.3) is 11.5 Å². The molecule has 1 amide bonds. The lowest BCUT2D eigenvalue weighted by molar-refractivity contribution is 0.00678. The highest BCUT2D eigenvalue weighted by atomic mass is 35.5. The molecule has 1 aromatic carbocycles. The molecule has 1 saturated heterocycles. The van der Waals surface area contributed by atoms with E-state index < -0.39 is 17.4 Å². The van der Waals surface area contributed by atoms with Crippen LogP contribution in [0.5, 0.6) is 0 Å². The van der Waals surface area contributed by atoms with E-state index in [2.05, 4.69) is 20.5 Å². The monoisotopic (exact) mass is 477 g/mol. The van der Waals surface area contributed by atoms with Gasteiger partial charge in [-0.05, 0) is 30.2 Å². The summed E-state index contributed by atoms with van der Waals surface area (Å²) in [5.41, 5.74) is 6.15. The number of ether oxygens (including phenoxy) is 1. The second kappa shape index (κ2) is 11.3. The van der Waals surface area contributed by atoms with Crippen LogP contribution >= 0.6 is 11.6 Å². The number of piperidine rings is 1. The van der Waals surface area contributed by atoms with Crippen molar-refractivity contribution in [3.63, 3.8) is 0 Å². The van der Waals surface area contributed by atoms with Crippen LogP contribution in [0.25, 0.3) is 0 Å². The number of H-pyrrole nitrogens is 1. The van der Waals surface area contributed by atoms with Crippen LogP contribution in [0.3, 0.4) is 0 Å². The van der Waals surface area contributed by atoms with Crippen molar-refractivity contribution < 1.29 is 19.4 Å². The zero-order valence-electron chi connectivity index (χ0n) is 18.3. The third-order valence-corrected chi connectivity index (χ3v) is 5.98. The second-order valence-corrected chi connectivity index (χ2v) is 8.30. The maximum atomic E-state index is 12.6. The molecule has 0 radical (unpaired) electrons. The molecule has 2 atom stereocenters. The number of carbonyl (C=O) groups is 2. The van der Waals surface area contributed by atoms with Gasteiger partial charge in [0, 0.05) is 39.8 Å². The van der Waals surface area contributed by atoms with Crippen molar-refractivity contribution in [1.82, 2.24) is 20.5 Å². The van der Waals surface area contributed by atoms with E-state index in [0.29, 0.717) is 19.5 Å². The fraction of sp³-hybridized carbons (Fsp3) is 0.409. The number of hydrogen-bond acceptors (Lipinski definition) is 7. The highest BCUT2D eigenvalue weighted by molar-refractivity contribution is 6.33. The standard InChI is InChI=1S/C22H28ClN5O5/c1-33-18-12-28(9-7-25-11-13-2-4-14(5-3-13)22(31)32)8-6-17(18)26-20(29)15-10-16(23)19(24)27-21(15)30/h2-5,10,17-18,25H,6-9,11-12H2,1H3,(H,26,29)(H,31,32)(H3,24,27,30)/t17-,18+/m1/s1. The first-order chi connectivity index (χ1) is 15.8. The fourth-order valence-electron chi connectivity index (χ4n) is 3.76. The second-order valence-electron chi connectivity index (χ2n) is 7.90. The van der Waals surface area contributed by atoms with Gasteiger partial charge in [0.2, 0.25) is 0 Å². The molecule has 0 spiro atoms. The average Bonchev–Trinajstić information content (AvgIpc) is 2.80. The fourth-order valence-corrected chi connectivity index (χ4v) is 3.91. The quantitative estimate of drug-likeness (QED) is 0.334. The summed E-state index contributed by atoms with van der Waals surface area (Å²) >= 11 is 5.93. The Kier molecular flexibility index (Phi) is 8.45. The van der Waals surface area contributed by atoms with E-state index >= 15 is 0 Å².